The van der Waals surface area contributed by atoms with Gasteiger partial charge in [-0.05, 0) is 55.6 Å². The number of hydrogen-bond acceptors (Lipinski definition) is 6. The number of nitrogens with one attached hydrogen (secondary N) is 2. The van der Waals surface area contributed by atoms with E-state index in [0.29, 0.717) is 18.6 Å². The first kappa shape index (κ1) is 20.7. The number of amides is 1. The molecule has 7 heteroatoms. The van der Waals surface area contributed by atoms with Gasteiger partial charge in [0.05, 0.1) is 0 Å². The van der Waals surface area contributed by atoms with Crippen molar-refractivity contribution >= 4 is 29.0 Å². The molecule has 0 radical (unpaired) electrons. The van der Waals surface area contributed by atoms with Crippen molar-refractivity contribution in [2.75, 3.05) is 25.0 Å². The lowest BCUT2D eigenvalue weighted by Crippen LogP contribution is -2.43. The third kappa shape index (κ3) is 5.01. The number of para-hydroxylation sites is 1. The van der Waals surface area contributed by atoms with Gasteiger partial charge in [0.25, 0.3) is 5.91 Å². The zero-order chi connectivity index (χ0) is 21.0. The van der Waals surface area contributed by atoms with Crippen molar-refractivity contribution in [2.45, 2.75) is 50.5 Å². The molecule has 31 heavy (non-hydrogen) atoms. The summed E-state index contributed by atoms with van der Waals surface area (Å²) in [6.07, 6.45) is 7.16. The van der Waals surface area contributed by atoms with Crippen LogP contribution in [0, 0.1) is 0 Å². The van der Waals surface area contributed by atoms with Crippen molar-refractivity contribution in [3.8, 4) is 0 Å². The van der Waals surface area contributed by atoms with Crippen LogP contribution in [0.25, 0.3) is 6.08 Å². The van der Waals surface area contributed by atoms with Crippen LogP contribution in [0.3, 0.4) is 0 Å². The largest absolute Gasteiger partial charge is 0.380 e. The monoisotopic (exact) mass is 439 g/mol. The minimum atomic E-state index is -0.328. The highest BCUT2D eigenvalue weighted by Crippen LogP contribution is 2.40. The molecule has 2 N–H and O–H groups in total. The summed E-state index contributed by atoms with van der Waals surface area (Å²) in [6.45, 7) is 3.82. The molecule has 3 unspecified atom stereocenters. The number of piperidine rings is 1. The molecule has 2 aromatic rings. The third-order valence-electron chi connectivity index (χ3n) is 6.29. The fraction of sp³-hybridized carbons (Fsp3) is 0.458. The van der Waals surface area contributed by atoms with E-state index in [1.807, 2.05) is 6.08 Å². The number of rotatable bonds is 6. The lowest BCUT2D eigenvalue weighted by atomic mass is 9.88. The molecule has 1 aromatic carbocycles. The highest BCUT2D eigenvalue weighted by molar-refractivity contribution is 7.12. The Kier molecular flexibility index (Phi) is 6.36. The molecule has 2 saturated heterocycles. The first-order valence-electron chi connectivity index (χ1n) is 11.2. The fourth-order valence-corrected chi connectivity index (χ4v) is 5.70. The topological polar surface area (TPSA) is 62.8 Å². The van der Waals surface area contributed by atoms with Crippen LogP contribution in [0.2, 0.25) is 0 Å². The van der Waals surface area contributed by atoms with Gasteiger partial charge in [0.1, 0.15) is 0 Å². The van der Waals surface area contributed by atoms with E-state index in [-0.39, 0.29) is 12.2 Å². The van der Waals surface area contributed by atoms with Crippen LogP contribution in [0.4, 0.5) is 5.69 Å². The summed E-state index contributed by atoms with van der Waals surface area (Å²) < 4.78 is 5.44. The molecule has 0 bridgehead atoms. The predicted octanol–water partition coefficient (Wildman–Crippen LogP) is 4.12. The SMILES string of the molecule is O=C(/C=C/c1ccc(CN2CCC3c4ccccc4NC3C2)s1)NOC1CCCCO1. The van der Waals surface area contributed by atoms with Crippen LogP contribution in [0.1, 0.15) is 46.9 Å². The van der Waals surface area contributed by atoms with E-state index >= 15 is 0 Å². The van der Waals surface area contributed by atoms with E-state index in [9.17, 15) is 4.79 Å². The Labute approximate surface area is 187 Å². The van der Waals surface area contributed by atoms with Crippen LogP contribution >= 0.6 is 11.3 Å². The summed E-state index contributed by atoms with van der Waals surface area (Å²) in [5.41, 5.74) is 5.25. The lowest BCUT2D eigenvalue weighted by Gasteiger charge is -2.34. The second kappa shape index (κ2) is 9.53. The molecule has 164 valence electrons. The standard InChI is InChI=1S/C24H29N3O3S/c28-23(26-30-24-7-3-4-14-29-24)11-10-17-8-9-18(31-17)15-27-13-12-20-19-5-1-2-6-21(19)25-22(20)16-27/h1-2,5-6,8-11,20,22,24-25H,3-4,7,12-16H2,(H,26,28)/b11-10+. The molecule has 4 heterocycles. The molecule has 0 aliphatic carbocycles. The molecule has 3 aliphatic heterocycles. The highest BCUT2D eigenvalue weighted by atomic mass is 32.1. The summed E-state index contributed by atoms with van der Waals surface area (Å²) in [6, 6.07) is 13.5. The van der Waals surface area contributed by atoms with Crippen molar-refractivity contribution in [2.24, 2.45) is 0 Å². The number of carbonyl (C=O) groups is 1. The molecule has 2 fully saturated rings. The fourth-order valence-electron chi connectivity index (χ4n) is 4.74. The maximum absolute atomic E-state index is 12.0. The average Bonchev–Trinajstić information content (AvgIpc) is 3.40. The first-order valence-corrected chi connectivity index (χ1v) is 12.0. The summed E-state index contributed by atoms with van der Waals surface area (Å²) in [7, 11) is 0. The number of ether oxygens (including phenoxy) is 1. The Bertz CT molecular complexity index is 938. The van der Waals surface area contributed by atoms with Gasteiger partial charge in [-0.15, -0.1) is 11.3 Å². The molecule has 0 saturated carbocycles. The van der Waals surface area contributed by atoms with Crippen molar-refractivity contribution in [1.29, 1.82) is 0 Å². The normalized spacial score (nSPS) is 25.7. The molecule has 3 atom stereocenters. The number of hydroxylamine groups is 1. The number of likely N-dealkylation sites (tertiary alicyclic amines) is 1. The quantitative estimate of drug-likeness (QED) is 0.524. The molecule has 1 aromatic heterocycles. The Morgan fingerprint density at radius 1 is 1.26 bits per heavy atom. The average molecular weight is 440 g/mol. The van der Waals surface area contributed by atoms with Crippen molar-refractivity contribution in [3.05, 3.63) is 57.8 Å². The number of hydrogen-bond donors (Lipinski definition) is 2. The molecular weight excluding hydrogens is 410 g/mol. The van der Waals surface area contributed by atoms with E-state index < -0.39 is 0 Å². The second-order valence-electron chi connectivity index (χ2n) is 8.49. The summed E-state index contributed by atoms with van der Waals surface area (Å²) in [4.78, 5) is 22.2. The van der Waals surface area contributed by atoms with E-state index in [2.05, 4.69) is 52.1 Å². The Morgan fingerprint density at radius 2 is 2.19 bits per heavy atom. The predicted molar refractivity (Wildman–Crippen MR) is 123 cm³/mol. The Hall–Kier alpha value is -2.19. The lowest BCUT2D eigenvalue weighted by molar-refractivity contribution is -0.198. The van der Waals surface area contributed by atoms with Crippen molar-refractivity contribution in [3.63, 3.8) is 0 Å². The van der Waals surface area contributed by atoms with Gasteiger partial charge in [0.2, 0.25) is 0 Å². The molecule has 0 spiro atoms. The van der Waals surface area contributed by atoms with E-state index in [4.69, 9.17) is 9.57 Å². The summed E-state index contributed by atoms with van der Waals surface area (Å²) >= 11 is 1.73. The smallest absolute Gasteiger partial charge is 0.267 e. The van der Waals surface area contributed by atoms with Crippen molar-refractivity contribution < 1.29 is 14.4 Å². The number of thiophene rings is 1. The maximum Gasteiger partial charge on any atom is 0.267 e. The van der Waals surface area contributed by atoms with Gasteiger partial charge in [0.15, 0.2) is 6.29 Å². The van der Waals surface area contributed by atoms with Gasteiger partial charge in [-0.1, -0.05) is 18.2 Å². The number of fused-ring (bicyclic) bond motifs is 3. The molecule has 5 rings (SSSR count). The van der Waals surface area contributed by atoms with E-state index in [1.54, 1.807) is 11.3 Å². The number of nitrogens with zero attached hydrogens (tertiary/aromatic N) is 1. The van der Waals surface area contributed by atoms with E-state index in [1.165, 1.54) is 28.6 Å². The number of anilines is 1. The van der Waals surface area contributed by atoms with Gasteiger partial charge in [-0.2, -0.15) is 0 Å². The zero-order valence-corrected chi connectivity index (χ0v) is 18.4. The van der Waals surface area contributed by atoms with Gasteiger partial charge in [-0.25, -0.2) is 10.3 Å². The minimum absolute atomic E-state index is 0.266. The van der Waals surface area contributed by atoms with Crippen LogP contribution < -0.4 is 10.8 Å². The van der Waals surface area contributed by atoms with Crippen LogP contribution in [0.5, 0.6) is 0 Å². The Balaban J connectivity index is 1.10. The van der Waals surface area contributed by atoms with Gasteiger partial charge < -0.3 is 10.1 Å². The Morgan fingerprint density at radius 3 is 3.10 bits per heavy atom. The number of carbonyl (C=O) groups excluding carboxylic acids is 1. The van der Waals surface area contributed by atoms with Crippen LogP contribution in [0.15, 0.2) is 42.5 Å². The van der Waals surface area contributed by atoms with Crippen LogP contribution in [-0.4, -0.2) is 42.8 Å². The molecule has 3 aliphatic rings. The molecular formula is C24H29N3O3S. The number of benzene rings is 1. The summed E-state index contributed by atoms with van der Waals surface area (Å²) in [5, 5.41) is 3.71. The minimum Gasteiger partial charge on any atom is -0.380 e. The molecule has 6 nitrogen and oxygen atoms in total. The van der Waals surface area contributed by atoms with Crippen molar-refractivity contribution in [1.82, 2.24) is 10.4 Å². The van der Waals surface area contributed by atoms with Gasteiger partial charge >= 0.3 is 0 Å². The van der Waals surface area contributed by atoms with Gasteiger partial charge in [0, 0.05) is 59.6 Å². The maximum atomic E-state index is 12.0. The van der Waals surface area contributed by atoms with Crippen LogP contribution in [-0.2, 0) is 20.9 Å². The highest BCUT2D eigenvalue weighted by Gasteiger charge is 2.36. The summed E-state index contributed by atoms with van der Waals surface area (Å²) in [5.74, 6) is 0.368. The van der Waals surface area contributed by atoms with Gasteiger partial charge in [-0.3, -0.25) is 9.69 Å². The zero-order valence-electron chi connectivity index (χ0n) is 17.6. The third-order valence-corrected chi connectivity index (χ3v) is 7.32. The van der Waals surface area contributed by atoms with E-state index in [0.717, 1.165) is 43.8 Å². The first-order chi connectivity index (χ1) is 15.2. The second-order valence-corrected chi connectivity index (χ2v) is 9.69. The molecule has 1 amide bonds.